The van der Waals surface area contributed by atoms with Crippen molar-refractivity contribution in [2.75, 3.05) is 6.61 Å². The van der Waals surface area contributed by atoms with Gasteiger partial charge in [-0.3, -0.25) is 4.79 Å². The number of oxime groups is 1. The molecule has 22 heavy (non-hydrogen) atoms. The molecule has 1 aromatic carbocycles. The van der Waals surface area contributed by atoms with Crippen LogP contribution in [0.25, 0.3) is 0 Å². The van der Waals surface area contributed by atoms with E-state index in [-0.39, 0.29) is 5.78 Å². The van der Waals surface area contributed by atoms with Crippen LogP contribution >= 0.6 is 0 Å². The number of carbonyl (C=O) groups excluding carboxylic acids is 1. The Labute approximate surface area is 129 Å². The molecule has 0 spiro atoms. The van der Waals surface area contributed by atoms with Gasteiger partial charge in [-0.1, -0.05) is 43.3 Å². The summed E-state index contributed by atoms with van der Waals surface area (Å²) < 4.78 is 1.73. The average Bonchev–Trinajstić information content (AvgIpc) is 2.88. The second-order valence-corrected chi connectivity index (χ2v) is 5.88. The van der Waals surface area contributed by atoms with Crippen LogP contribution in [0.15, 0.2) is 35.7 Å². The molecule has 0 unspecified atom stereocenters. The SMILES string of the molecule is CC(C)CCO/N=C1\c2ccccc2C(=O)c2c1ncn2C. The molecule has 114 valence electrons. The summed E-state index contributed by atoms with van der Waals surface area (Å²) in [6.45, 7) is 4.84. The van der Waals surface area contributed by atoms with Crippen LogP contribution in [0, 0.1) is 5.92 Å². The molecule has 0 saturated carbocycles. The Morgan fingerprint density at radius 2 is 2.00 bits per heavy atom. The van der Waals surface area contributed by atoms with Crippen LogP contribution in [-0.4, -0.2) is 27.7 Å². The van der Waals surface area contributed by atoms with E-state index in [1.807, 2.05) is 31.3 Å². The van der Waals surface area contributed by atoms with E-state index in [0.29, 0.717) is 35.2 Å². The van der Waals surface area contributed by atoms with Crippen molar-refractivity contribution in [3.05, 3.63) is 53.1 Å². The number of benzene rings is 1. The molecular formula is C17H19N3O2. The van der Waals surface area contributed by atoms with Crippen molar-refractivity contribution in [1.29, 1.82) is 0 Å². The fourth-order valence-corrected chi connectivity index (χ4v) is 2.51. The zero-order valence-electron chi connectivity index (χ0n) is 13.0. The number of aromatic nitrogens is 2. The smallest absolute Gasteiger partial charge is 0.212 e. The first-order valence-electron chi connectivity index (χ1n) is 7.45. The third-order valence-corrected chi connectivity index (χ3v) is 3.75. The highest BCUT2D eigenvalue weighted by atomic mass is 16.6. The van der Waals surface area contributed by atoms with E-state index < -0.39 is 0 Å². The van der Waals surface area contributed by atoms with Gasteiger partial charge in [0.25, 0.3) is 0 Å². The van der Waals surface area contributed by atoms with Gasteiger partial charge in [-0.25, -0.2) is 4.98 Å². The van der Waals surface area contributed by atoms with Crippen molar-refractivity contribution in [1.82, 2.24) is 9.55 Å². The summed E-state index contributed by atoms with van der Waals surface area (Å²) >= 11 is 0. The van der Waals surface area contributed by atoms with Crippen molar-refractivity contribution >= 4 is 11.5 Å². The lowest BCUT2D eigenvalue weighted by molar-refractivity contribution is 0.102. The molecule has 0 saturated heterocycles. The topological polar surface area (TPSA) is 56.5 Å². The maximum Gasteiger partial charge on any atom is 0.212 e. The summed E-state index contributed by atoms with van der Waals surface area (Å²) in [6.07, 6.45) is 2.57. The fourth-order valence-electron chi connectivity index (χ4n) is 2.51. The second kappa shape index (κ2) is 5.75. The number of aryl methyl sites for hydroxylation is 1. The summed E-state index contributed by atoms with van der Waals surface area (Å²) in [7, 11) is 1.81. The highest BCUT2D eigenvalue weighted by Crippen LogP contribution is 2.26. The quantitative estimate of drug-likeness (QED) is 0.549. The normalized spacial score (nSPS) is 15.1. The molecule has 0 amide bonds. The Morgan fingerprint density at radius 1 is 1.27 bits per heavy atom. The molecule has 1 aliphatic carbocycles. The van der Waals surface area contributed by atoms with Crippen molar-refractivity contribution in [3.8, 4) is 0 Å². The molecule has 0 radical (unpaired) electrons. The molecule has 0 bridgehead atoms. The molecule has 0 N–H and O–H groups in total. The fraction of sp³-hybridized carbons (Fsp3) is 0.353. The zero-order valence-corrected chi connectivity index (χ0v) is 13.0. The number of fused-ring (bicyclic) bond motifs is 2. The van der Waals surface area contributed by atoms with E-state index in [2.05, 4.69) is 24.0 Å². The first-order chi connectivity index (χ1) is 10.6. The first kappa shape index (κ1) is 14.5. The summed E-state index contributed by atoms with van der Waals surface area (Å²) in [4.78, 5) is 22.4. The van der Waals surface area contributed by atoms with Crippen LogP contribution < -0.4 is 0 Å². The van der Waals surface area contributed by atoms with Gasteiger partial charge >= 0.3 is 0 Å². The highest BCUT2D eigenvalue weighted by molar-refractivity contribution is 6.28. The molecule has 0 aliphatic heterocycles. The minimum Gasteiger partial charge on any atom is -0.395 e. The molecule has 0 fully saturated rings. The number of hydrogen-bond acceptors (Lipinski definition) is 4. The number of nitrogens with zero attached hydrogens (tertiary/aromatic N) is 3. The Kier molecular flexibility index (Phi) is 3.79. The van der Waals surface area contributed by atoms with Gasteiger partial charge in [0.2, 0.25) is 5.78 Å². The lowest BCUT2D eigenvalue weighted by Gasteiger charge is -2.17. The van der Waals surface area contributed by atoms with E-state index in [1.54, 1.807) is 10.9 Å². The summed E-state index contributed by atoms with van der Waals surface area (Å²) in [6, 6.07) is 7.45. The summed E-state index contributed by atoms with van der Waals surface area (Å²) in [5.41, 5.74) is 3.21. The zero-order chi connectivity index (χ0) is 15.7. The number of imidazole rings is 1. The van der Waals surface area contributed by atoms with Crippen LogP contribution in [0.3, 0.4) is 0 Å². The average molecular weight is 297 g/mol. The van der Waals surface area contributed by atoms with Crippen LogP contribution in [0.5, 0.6) is 0 Å². The van der Waals surface area contributed by atoms with Gasteiger partial charge in [0, 0.05) is 18.2 Å². The van der Waals surface area contributed by atoms with Gasteiger partial charge < -0.3 is 9.40 Å². The second-order valence-electron chi connectivity index (χ2n) is 5.88. The van der Waals surface area contributed by atoms with Gasteiger partial charge in [0.1, 0.15) is 23.7 Å². The Hall–Kier alpha value is -2.43. The highest BCUT2D eigenvalue weighted by Gasteiger charge is 2.32. The summed E-state index contributed by atoms with van der Waals surface area (Å²) in [5.74, 6) is 0.539. The molecule has 5 nitrogen and oxygen atoms in total. The van der Waals surface area contributed by atoms with Crippen molar-refractivity contribution in [2.45, 2.75) is 20.3 Å². The lowest BCUT2D eigenvalue weighted by atomic mass is 9.89. The molecular weight excluding hydrogens is 278 g/mol. The van der Waals surface area contributed by atoms with E-state index in [9.17, 15) is 4.79 Å². The number of carbonyl (C=O) groups is 1. The van der Waals surface area contributed by atoms with E-state index >= 15 is 0 Å². The minimum atomic E-state index is -0.0215. The van der Waals surface area contributed by atoms with Crippen molar-refractivity contribution in [2.24, 2.45) is 18.1 Å². The monoisotopic (exact) mass is 297 g/mol. The third-order valence-electron chi connectivity index (χ3n) is 3.75. The first-order valence-corrected chi connectivity index (χ1v) is 7.45. The van der Waals surface area contributed by atoms with Crippen LogP contribution in [0.2, 0.25) is 0 Å². The number of rotatable bonds is 4. The Bertz CT molecular complexity index is 744. The summed E-state index contributed by atoms with van der Waals surface area (Å²) in [5, 5.41) is 4.27. The molecule has 1 aliphatic rings. The molecule has 1 heterocycles. The van der Waals surface area contributed by atoms with Crippen LogP contribution in [0.1, 0.15) is 47.6 Å². The van der Waals surface area contributed by atoms with Crippen molar-refractivity contribution < 1.29 is 9.63 Å². The maximum atomic E-state index is 12.6. The van der Waals surface area contributed by atoms with Crippen molar-refractivity contribution in [3.63, 3.8) is 0 Å². The van der Waals surface area contributed by atoms with Gasteiger partial charge in [0.15, 0.2) is 0 Å². The molecule has 3 rings (SSSR count). The van der Waals surface area contributed by atoms with Crippen LogP contribution in [0.4, 0.5) is 0 Å². The third kappa shape index (κ3) is 2.43. The number of hydrogen-bond donors (Lipinski definition) is 0. The van der Waals surface area contributed by atoms with E-state index in [0.717, 1.165) is 12.0 Å². The van der Waals surface area contributed by atoms with Gasteiger partial charge in [0.05, 0.1) is 6.33 Å². The van der Waals surface area contributed by atoms with E-state index in [4.69, 9.17) is 4.84 Å². The van der Waals surface area contributed by atoms with Crippen LogP contribution in [-0.2, 0) is 11.9 Å². The lowest BCUT2D eigenvalue weighted by Crippen LogP contribution is -2.23. The van der Waals surface area contributed by atoms with Gasteiger partial charge in [-0.15, -0.1) is 0 Å². The predicted molar refractivity (Wildman–Crippen MR) is 84.1 cm³/mol. The maximum absolute atomic E-state index is 12.6. The Morgan fingerprint density at radius 3 is 2.73 bits per heavy atom. The molecule has 5 heteroatoms. The largest absolute Gasteiger partial charge is 0.395 e. The minimum absolute atomic E-state index is 0.0215. The molecule has 0 atom stereocenters. The van der Waals surface area contributed by atoms with Gasteiger partial charge in [-0.2, -0.15) is 0 Å². The predicted octanol–water partition coefficient (Wildman–Crippen LogP) is 2.78. The Balaban J connectivity index is 2.01. The number of ketones is 1. The molecule has 2 aromatic rings. The van der Waals surface area contributed by atoms with E-state index in [1.165, 1.54) is 0 Å². The standard InChI is InChI=1S/C17H19N3O2/c1-11(2)8-9-22-19-14-12-6-4-5-7-13(12)17(21)16-15(14)18-10-20(16)3/h4-7,10-11H,8-9H2,1-3H3/b19-14+. The molecule has 1 aromatic heterocycles. The van der Waals surface area contributed by atoms with Gasteiger partial charge in [-0.05, 0) is 12.3 Å².